The van der Waals surface area contributed by atoms with Gasteiger partial charge in [-0.25, -0.2) is 4.79 Å². The molecule has 0 saturated carbocycles. The number of nitrogens with zero attached hydrogens (tertiary/aromatic N) is 1. The predicted octanol–water partition coefficient (Wildman–Crippen LogP) is 3.62. The van der Waals surface area contributed by atoms with E-state index in [2.05, 4.69) is 15.2 Å². The number of benzene rings is 2. The van der Waals surface area contributed by atoms with Crippen molar-refractivity contribution in [1.82, 2.24) is 5.16 Å². The van der Waals surface area contributed by atoms with E-state index in [1.165, 1.54) is 7.11 Å². The Labute approximate surface area is 150 Å². The highest BCUT2D eigenvalue weighted by Crippen LogP contribution is 2.21. The van der Waals surface area contributed by atoms with E-state index in [1.54, 1.807) is 30.3 Å². The maximum Gasteiger partial charge on any atom is 0.337 e. The first kappa shape index (κ1) is 17.4. The van der Waals surface area contributed by atoms with Crippen LogP contribution in [-0.4, -0.2) is 24.1 Å². The van der Waals surface area contributed by atoms with Gasteiger partial charge in [0, 0.05) is 17.3 Å². The van der Waals surface area contributed by atoms with E-state index in [0.717, 1.165) is 11.1 Å². The third kappa shape index (κ3) is 4.16. The Kier molecular flexibility index (Phi) is 5.12. The van der Waals surface area contributed by atoms with Gasteiger partial charge in [0.05, 0.1) is 24.8 Å². The molecule has 26 heavy (non-hydrogen) atoms. The summed E-state index contributed by atoms with van der Waals surface area (Å²) >= 11 is 0. The van der Waals surface area contributed by atoms with Crippen molar-refractivity contribution < 1.29 is 18.8 Å². The molecule has 0 aliphatic rings. The summed E-state index contributed by atoms with van der Waals surface area (Å²) in [5, 5.41) is 6.71. The molecule has 0 bridgehead atoms. The fourth-order valence-corrected chi connectivity index (χ4v) is 2.43. The van der Waals surface area contributed by atoms with Crippen LogP contribution >= 0.6 is 0 Å². The zero-order valence-corrected chi connectivity index (χ0v) is 14.5. The lowest BCUT2D eigenvalue weighted by Crippen LogP contribution is -2.14. The second-order valence-corrected chi connectivity index (χ2v) is 5.84. The molecule has 1 heterocycles. The minimum atomic E-state index is -0.422. The first-order valence-corrected chi connectivity index (χ1v) is 8.06. The number of hydrogen-bond acceptors (Lipinski definition) is 5. The van der Waals surface area contributed by atoms with Gasteiger partial charge in [-0.05, 0) is 31.2 Å². The molecule has 0 aliphatic heterocycles. The van der Waals surface area contributed by atoms with Gasteiger partial charge in [-0.3, -0.25) is 4.79 Å². The van der Waals surface area contributed by atoms with Crippen molar-refractivity contribution in [2.24, 2.45) is 0 Å². The van der Waals surface area contributed by atoms with Crippen LogP contribution in [0.1, 0.15) is 21.6 Å². The van der Waals surface area contributed by atoms with Gasteiger partial charge in [0.2, 0.25) is 5.91 Å². The van der Waals surface area contributed by atoms with Gasteiger partial charge in [-0.15, -0.1) is 0 Å². The summed E-state index contributed by atoms with van der Waals surface area (Å²) in [5.41, 5.74) is 3.62. The average Bonchev–Trinajstić information content (AvgIpc) is 3.10. The fraction of sp³-hybridized carbons (Fsp3) is 0.150. The number of carbonyl (C=O) groups is 2. The molecule has 0 aliphatic carbocycles. The zero-order valence-electron chi connectivity index (χ0n) is 14.5. The summed E-state index contributed by atoms with van der Waals surface area (Å²) in [6.07, 6.45) is 0.0914. The lowest BCUT2D eigenvalue weighted by atomic mass is 10.1. The quantitative estimate of drug-likeness (QED) is 0.711. The molecule has 1 aromatic heterocycles. The molecule has 0 radical (unpaired) electrons. The maximum atomic E-state index is 12.2. The highest BCUT2D eigenvalue weighted by molar-refractivity contribution is 5.93. The van der Waals surface area contributed by atoms with Crippen LogP contribution in [0.4, 0.5) is 5.69 Å². The van der Waals surface area contributed by atoms with Crippen LogP contribution in [0, 0.1) is 6.92 Å². The Morgan fingerprint density at radius 2 is 1.77 bits per heavy atom. The van der Waals surface area contributed by atoms with Crippen molar-refractivity contribution in [2.45, 2.75) is 13.3 Å². The van der Waals surface area contributed by atoms with Crippen molar-refractivity contribution in [2.75, 3.05) is 12.4 Å². The number of carbonyl (C=O) groups excluding carboxylic acids is 2. The Bertz CT molecular complexity index is 912. The van der Waals surface area contributed by atoms with Gasteiger partial charge in [-0.2, -0.15) is 0 Å². The standard InChI is InChI=1S/C20H18N2O4/c1-13-3-5-14(6-4-13)18-11-17(22-26-18)12-19(23)21-16-9-7-15(8-10-16)20(24)25-2/h3-11H,12H2,1-2H3,(H,21,23). The van der Waals surface area contributed by atoms with Crippen LogP contribution in [0.2, 0.25) is 0 Å². The number of amides is 1. The van der Waals surface area contributed by atoms with Gasteiger partial charge in [-0.1, -0.05) is 35.0 Å². The van der Waals surface area contributed by atoms with Crippen molar-refractivity contribution in [1.29, 1.82) is 0 Å². The summed E-state index contributed by atoms with van der Waals surface area (Å²) < 4.78 is 9.95. The molecule has 0 fully saturated rings. The molecule has 2 aromatic carbocycles. The molecule has 132 valence electrons. The van der Waals surface area contributed by atoms with Crippen molar-refractivity contribution >= 4 is 17.6 Å². The maximum absolute atomic E-state index is 12.2. The molecule has 1 amide bonds. The Morgan fingerprint density at radius 3 is 2.42 bits per heavy atom. The van der Waals surface area contributed by atoms with Gasteiger partial charge in [0.15, 0.2) is 5.76 Å². The lowest BCUT2D eigenvalue weighted by molar-refractivity contribution is -0.115. The van der Waals surface area contributed by atoms with E-state index >= 15 is 0 Å². The van der Waals surface area contributed by atoms with Gasteiger partial charge in [0.25, 0.3) is 0 Å². The molecule has 0 unspecified atom stereocenters. The van der Waals surface area contributed by atoms with E-state index in [-0.39, 0.29) is 12.3 Å². The number of esters is 1. The average molecular weight is 350 g/mol. The van der Waals surface area contributed by atoms with Crippen LogP contribution in [0.5, 0.6) is 0 Å². The number of aryl methyl sites for hydroxylation is 1. The Morgan fingerprint density at radius 1 is 1.08 bits per heavy atom. The number of anilines is 1. The number of aromatic nitrogens is 1. The molecule has 6 heteroatoms. The minimum Gasteiger partial charge on any atom is -0.465 e. The highest BCUT2D eigenvalue weighted by atomic mass is 16.5. The monoisotopic (exact) mass is 350 g/mol. The van der Waals surface area contributed by atoms with Crippen LogP contribution in [0.15, 0.2) is 59.1 Å². The van der Waals surface area contributed by atoms with Crippen LogP contribution in [-0.2, 0) is 16.0 Å². The molecule has 6 nitrogen and oxygen atoms in total. The largest absolute Gasteiger partial charge is 0.465 e. The molecular weight excluding hydrogens is 332 g/mol. The first-order valence-electron chi connectivity index (χ1n) is 8.06. The third-order valence-corrected chi connectivity index (χ3v) is 3.83. The molecular formula is C20H18N2O4. The lowest BCUT2D eigenvalue weighted by Gasteiger charge is -2.04. The fourth-order valence-electron chi connectivity index (χ4n) is 2.43. The highest BCUT2D eigenvalue weighted by Gasteiger charge is 2.11. The van der Waals surface area contributed by atoms with E-state index in [4.69, 9.17) is 4.52 Å². The van der Waals surface area contributed by atoms with E-state index in [1.807, 2.05) is 31.2 Å². The van der Waals surface area contributed by atoms with Crippen molar-refractivity contribution in [3.8, 4) is 11.3 Å². The van der Waals surface area contributed by atoms with E-state index < -0.39 is 5.97 Å². The van der Waals surface area contributed by atoms with Gasteiger partial charge in [0.1, 0.15) is 0 Å². The summed E-state index contributed by atoms with van der Waals surface area (Å²) in [5.74, 6) is -0.0242. The second-order valence-electron chi connectivity index (χ2n) is 5.84. The molecule has 0 spiro atoms. The minimum absolute atomic E-state index is 0.0914. The predicted molar refractivity (Wildman–Crippen MR) is 96.8 cm³/mol. The molecule has 3 aromatic rings. The topological polar surface area (TPSA) is 81.4 Å². The van der Waals surface area contributed by atoms with Crippen LogP contribution < -0.4 is 5.32 Å². The number of hydrogen-bond donors (Lipinski definition) is 1. The summed E-state index contributed by atoms with van der Waals surface area (Å²) in [7, 11) is 1.32. The molecule has 0 atom stereocenters. The number of nitrogens with one attached hydrogen (secondary N) is 1. The third-order valence-electron chi connectivity index (χ3n) is 3.83. The van der Waals surface area contributed by atoms with Crippen molar-refractivity contribution in [3.63, 3.8) is 0 Å². The number of rotatable bonds is 5. The van der Waals surface area contributed by atoms with E-state index in [0.29, 0.717) is 22.7 Å². The summed E-state index contributed by atoms with van der Waals surface area (Å²) in [6, 6.07) is 16.1. The van der Waals surface area contributed by atoms with E-state index in [9.17, 15) is 9.59 Å². The smallest absolute Gasteiger partial charge is 0.337 e. The summed E-state index contributed by atoms with van der Waals surface area (Å²) in [4.78, 5) is 23.6. The summed E-state index contributed by atoms with van der Waals surface area (Å²) in [6.45, 7) is 2.01. The van der Waals surface area contributed by atoms with Crippen molar-refractivity contribution in [3.05, 3.63) is 71.4 Å². The normalized spacial score (nSPS) is 10.4. The number of ether oxygens (including phenoxy) is 1. The molecule has 1 N–H and O–H groups in total. The SMILES string of the molecule is COC(=O)c1ccc(NC(=O)Cc2cc(-c3ccc(C)cc3)on2)cc1. The Hall–Kier alpha value is -3.41. The molecule has 3 rings (SSSR count). The van der Waals surface area contributed by atoms with Crippen LogP contribution in [0.25, 0.3) is 11.3 Å². The second kappa shape index (κ2) is 7.65. The Balaban J connectivity index is 1.61. The zero-order chi connectivity index (χ0) is 18.5. The number of methoxy groups -OCH3 is 1. The molecule has 0 saturated heterocycles. The van der Waals surface area contributed by atoms with Gasteiger partial charge < -0.3 is 14.6 Å². The van der Waals surface area contributed by atoms with Crippen LogP contribution in [0.3, 0.4) is 0 Å². The van der Waals surface area contributed by atoms with Gasteiger partial charge >= 0.3 is 5.97 Å². The first-order chi connectivity index (χ1) is 12.5.